The Morgan fingerprint density at radius 2 is 1.80 bits per heavy atom. The van der Waals surface area contributed by atoms with Crippen molar-refractivity contribution in [1.82, 2.24) is 0 Å². The van der Waals surface area contributed by atoms with Gasteiger partial charge in [-0.15, -0.1) is 0 Å². The maximum atomic E-state index is 12.2. The molecule has 3 heteroatoms. The van der Waals surface area contributed by atoms with Gasteiger partial charge in [0.25, 0.3) is 0 Å². The van der Waals surface area contributed by atoms with Crippen molar-refractivity contribution in [2.45, 2.75) is 0 Å². The Labute approximate surface area is 118 Å². The zero-order valence-electron chi connectivity index (χ0n) is 11.5. The third kappa shape index (κ3) is 3.26. The molecule has 0 bridgehead atoms. The largest absolute Gasteiger partial charge is 0.497 e. The molecule has 0 aliphatic heterocycles. The van der Waals surface area contributed by atoms with Crippen LogP contribution in [0.1, 0.15) is 15.9 Å². The third-order valence-electron chi connectivity index (χ3n) is 2.89. The standard InChI is InChI=1S/C17H16O3/c1-19-14-7-5-6-13(12-14)10-11-16(18)15-8-3-4-9-17(15)20-2/h3-12H,1-2H3. The van der Waals surface area contributed by atoms with Gasteiger partial charge >= 0.3 is 0 Å². The molecule has 2 rings (SSSR count). The van der Waals surface area contributed by atoms with Crippen LogP contribution in [0.5, 0.6) is 11.5 Å². The number of ether oxygens (including phenoxy) is 2. The van der Waals surface area contributed by atoms with Crippen molar-refractivity contribution in [3.63, 3.8) is 0 Å². The van der Waals surface area contributed by atoms with E-state index in [1.54, 1.807) is 32.4 Å². The van der Waals surface area contributed by atoms with Gasteiger partial charge in [-0.05, 0) is 35.9 Å². The van der Waals surface area contributed by atoms with E-state index < -0.39 is 0 Å². The molecule has 0 spiro atoms. The fourth-order valence-electron chi connectivity index (χ4n) is 1.86. The van der Waals surface area contributed by atoms with Crippen molar-refractivity contribution >= 4 is 11.9 Å². The highest BCUT2D eigenvalue weighted by Crippen LogP contribution is 2.19. The molecule has 0 heterocycles. The molecular formula is C17H16O3. The maximum Gasteiger partial charge on any atom is 0.189 e. The highest BCUT2D eigenvalue weighted by atomic mass is 16.5. The summed E-state index contributed by atoms with van der Waals surface area (Å²) in [7, 11) is 3.17. The van der Waals surface area contributed by atoms with E-state index in [2.05, 4.69) is 0 Å². The van der Waals surface area contributed by atoms with Gasteiger partial charge in [-0.25, -0.2) is 0 Å². The lowest BCUT2D eigenvalue weighted by Crippen LogP contribution is -1.98. The Bertz CT molecular complexity index is 630. The van der Waals surface area contributed by atoms with Gasteiger partial charge in [-0.3, -0.25) is 4.79 Å². The van der Waals surface area contributed by atoms with E-state index >= 15 is 0 Å². The van der Waals surface area contributed by atoms with Crippen LogP contribution in [0.15, 0.2) is 54.6 Å². The van der Waals surface area contributed by atoms with Crippen molar-refractivity contribution in [1.29, 1.82) is 0 Å². The highest BCUT2D eigenvalue weighted by Gasteiger charge is 2.07. The molecule has 0 saturated carbocycles. The Hall–Kier alpha value is -2.55. The lowest BCUT2D eigenvalue weighted by atomic mass is 10.1. The molecular weight excluding hydrogens is 252 g/mol. The Kier molecular flexibility index (Phi) is 4.56. The molecule has 2 aromatic carbocycles. The number of methoxy groups -OCH3 is 2. The molecule has 0 amide bonds. The van der Waals surface area contributed by atoms with Crippen LogP contribution in [0, 0.1) is 0 Å². The van der Waals surface area contributed by atoms with Crippen LogP contribution in [-0.4, -0.2) is 20.0 Å². The van der Waals surface area contributed by atoms with Gasteiger partial charge in [0.05, 0.1) is 19.8 Å². The van der Waals surface area contributed by atoms with E-state index in [0.717, 1.165) is 11.3 Å². The number of hydrogen-bond donors (Lipinski definition) is 0. The molecule has 0 aromatic heterocycles. The van der Waals surface area contributed by atoms with Gasteiger partial charge in [-0.1, -0.05) is 30.3 Å². The molecule has 102 valence electrons. The average Bonchev–Trinajstić information content (AvgIpc) is 2.52. The van der Waals surface area contributed by atoms with Crippen molar-refractivity contribution in [2.24, 2.45) is 0 Å². The molecule has 20 heavy (non-hydrogen) atoms. The van der Waals surface area contributed by atoms with E-state index in [-0.39, 0.29) is 5.78 Å². The number of hydrogen-bond acceptors (Lipinski definition) is 3. The minimum Gasteiger partial charge on any atom is -0.497 e. The van der Waals surface area contributed by atoms with E-state index in [4.69, 9.17) is 9.47 Å². The van der Waals surface area contributed by atoms with Gasteiger partial charge in [-0.2, -0.15) is 0 Å². The monoisotopic (exact) mass is 268 g/mol. The summed E-state index contributed by atoms with van der Waals surface area (Å²) in [5.74, 6) is 1.25. The van der Waals surface area contributed by atoms with Crippen molar-refractivity contribution in [3.05, 3.63) is 65.7 Å². The highest BCUT2D eigenvalue weighted by molar-refractivity contribution is 6.08. The second-order valence-electron chi connectivity index (χ2n) is 4.17. The molecule has 0 N–H and O–H groups in total. The number of para-hydroxylation sites is 1. The molecule has 0 unspecified atom stereocenters. The lowest BCUT2D eigenvalue weighted by molar-refractivity contribution is 0.104. The number of allylic oxidation sites excluding steroid dienone is 1. The second kappa shape index (κ2) is 6.57. The summed E-state index contributed by atoms with van der Waals surface area (Å²) in [6.45, 7) is 0. The zero-order chi connectivity index (χ0) is 14.4. The van der Waals surface area contributed by atoms with Crippen molar-refractivity contribution in [2.75, 3.05) is 14.2 Å². The zero-order valence-corrected chi connectivity index (χ0v) is 11.5. The molecule has 0 saturated heterocycles. The van der Waals surface area contributed by atoms with Gasteiger partial charge < -0.3 is 9.47 Å². The summed E-state index contributed by atoms with van der Waals surface area (Å²) in [6.07, 6.45) is 3.30. The van der Waals surface area contributed by atoms with Crippen LogP contribution >= 0.6 is 0 Å². The lowest BCUT2D eigenvalue weighted by Gasteiger charge is -2.04. The van der Waals surface area contributed by atoms with Crippen LogP contribution in [0.3, 0.4) is 0 Å². The first-order chi connectivity index (χ1) is 9.74. The topological polar surface area (TPSA) is 35.5 Å². The van der Waals surface area contributed by atoms with Gasteiger partial charge in [0.1, 0.15) is 11.5 Å². The molecule has 0 aliphatic carbocycles. The molecule has 0 fully saturated rings. The fraction of sp³-hybridized carbons (Fsp3) is 0.118. The van der Waals surface area contributed by atoms with Gasteiger partial charge in [0, 0.05) is 0 Å². The number of carbonyl (C=O) groups excluding carboxylic acids is 1. The smallest absolute Gasteiger partial charge is 0.189 e. The van der Waals surface area contributed by atoms with Crippen LogP contribution in [-0.2, 0) is 0 Å². The Balaban J connectivity index is 2.20. The molecule has 0 radical (unpaired) electrons. The van der Waals surface area contributed by atoms with Crippen LogP contribution in [0.4, 0.5) is 0 Å². The number of benzene rings is 2. The Morgan fingerprint density at radius 1 is 1.00 bits per heavy atom. The number of carbonyl (C=O) groups is 1. The fourth-order valence-corrected chi connectivity index (χ4v) is 1.86. The van der Waals surface area contributed by atoms with Crippen LogP contribution in [0.25, 0.3) is 6.08 Å². The predicted octanol–water partition coefficient (Wildman–Crippen LogP) is 3.60. The van der Waals surface area contributed by atoms with Crippen LogP contribution in [0.2, 0.25) is 0 Å². The quantitative estimate of drug-likeness (QED) is 0.614. The molecule has 3 nitrogen and oxygen atoms in total. The first-order valence-electron chi connectivity index (χ1n) is 6.24. The SMILES string of the molecule is COc1cccc(C=CC(=O)c2ccccc2OC)c1. The summed E-state index contributed by atoms with van der Waals surface area (Å²) >= 11 is 0. The summed E-state index contributed by atoms with van der Waals surface area (Å²) in [5.41, 5.74) is 1.46. The number of ketones is 1. The van der Waals surface area contributed by atoms with Gasteiger partial charge in [0.15, 0.2) is 5.78 Å². The van der Waals surface area contributed by atoms with Crippen LogP contribution < -0.4 is 9.47 Å². The molecule has 0 aliphatic rings. The summed E-state index contributed by atoms with van der Waals surface area (Å²) < 4.78 is 10.3. The normalized spacial score (nSPS) is 10.5. The third-order valence-corrected chi connectivity index (χ3v) is 2.89. The predicted molar refractivity (Wildman–Crippen MR) is 79.4 cm³/mol. The van der Waals surface area contributed by atoms with E-state index in [1.165, 1.54) is 6.08 Å². The first-order valence-corrected chi connectivity index (χ1v) is 6.24. The number of rotatable bonds is 5. The van der Waals surface area contributed by atoms with E-state index in [1.807, 2.05) is 36.4 Å². The average molecular weight is 268 g/mol. The molecule has 0 atom stereocenters. The van der Waals surface area contributed by atoms with Gasteiger partial charge in [0.2, 0.25) is 0 Å². The first kappa shape index (κ1) is 13.9. The maximum absolute atomic E-state index is 12.2. The minimum absolute atomic E-state index is 0.0923. The minimum atomic E-state index is -0.0923. The van der Waals surface area contributed by atoms with Crippen molar-refractivity contribution in [3.8, 4) is 11.5 Å². The summed E-state index contributed by atoms with van der Waals surface area (Å²) in [6, 6.07) is 14.7. The Morgan fingerprint density at radius 3 is 2.55 bits per heavy atom. The van der Waals surface area contributed by atoms with E-state index in [9.17, 15) is 4.79 Å². The molecule has 2 aromatic rings. The summed E-state index contributed by atoms with van der Waals surface area (Å²) in [4.78, 5) is 12.2. The summed E-state index contributed by atoms with van der Waals surface area (Å²) in [5, 5.41) is 0. The van der Waals surface area contributed by atoms with E-state index in [0.29, 0.717) is 11.3 Å². The van der Waals surface area contributed by atoms with Crippen molar-refractivity contribution < 1.29 is 14.3 Å². The second-order valence-corrected chi connectivity index (χ2v) is 4.17.